The lowest BCUT2D eigenvalue weighted by molar-refractivity contribution is 1.36. The van der Waals surface area contributed by atoms with Crippen LogP contribution in [0.2, 0.25) is 0 Å². The highest BCUT2D eigenvalue weighted by Gasteiger charge is 2.02. The normalized spacial score (nSPS) is 10.8. The maximum Gasteiger partial charge on any atom is 0.0966 e. The summed E-state index contributed by atoms with van der Waals surface area (Å²) < 4.78 is 0. The molecule has 0 aliphatic carbocycles. The lowest BCUT2D eigenvalue weighted by Gasteiger charge is -2.04. The van der Waals surface area contributed by atoms with Crippen molar-refractivity contribution in [2.24, 2.45) is 0 Å². The topological polar surface area (TPSA) is 37.8 Å². The Kier molecular flexibility index (Phi) is 1.96. The molecule has 0 bridgehead atoms. The number of nitrogens with one attached hydrogen (secondary N) is 1. The molecule has 0 atom stereocenters. The second-order valence-corrected chi connectivity index (χ2v) is 3.69. The van der Waals surface area contributed by atoms with E-state index in [0.29, 0.717) is 0 Å². The molecule has 0 aliphatic rings. The highest BCUT2D eigenvalue weighted by Crippen LogP contribution is 2.23. The first-order chi connectivity index (χ1) is 7.88. The largest absolute Gasteiger partial charge is 0.387 e. The molecule has 1 N–H and O–H groups in total. The van der Waals surface area contributed by atoms with Crippen molar-refractivity contribution in [3.63, 3.8) is 0 Å². The van der Waals surface area contributed by atoms with Crippen LogP contribution in [0.4, 0.5) is 5.69 Å². The maximum atomic E-state index is 4.46. The Hall–Kier alpha value is -2.16. The predicted octanol–water partition coefficient (Wildman–Crippen LogP) is 2.82. The standard InChI is InChI=1S/C13H11N3/c1-14-11-7-10-5-4-9-3-2-6-15-12(9)13(10)16-8-11/h2-8,14H,1H3. The van der Waals surface area contributed by atoms with Gasteiger partial charge in [0.05, 0.1) is 22.9 Å². The molecule has 1 aromatic carbocycles. The Labute approximate surface area is 93.1 Å². The molecule has 0 spiro atoms. The fourth-order valence-corrected chi connectivity index (χ4v) is 1.87. The highest BCUT2D eigenvalue weighted by atomic mass is 14.8. The van der Waals surface area contributed by atoms with Crippen LogP contribution in [0, 0.1) is 0 Å². The Morgan fingerprint density at radius 2 is 1.81 bits per heavy atom. The van der Waals surface area contributed by atoms with Gasteiger partial charge in [0, 0.05) is 24.0 Å². The van der Waals surface area contributed by atoms with Crippen molar-refractivity contribution >= 4 is 27.5 Å². The van der Waals surface area contributed by atoms with Crippen molar-refractivity contribution < 1.29 is 0 Å². The molecule has 2 heterocycles. The predicted molar refractivity (Wildman–Crippen MR) is 66.6 cm³/mol. The number of pyridine rings is 2. The number of benzene rings is 1. The fourth-order valence-electron chi connectivity index (χ4n) is 1.87. The molecule has 0 radical (unpaired) electrons. The van der Waals surface area contributed by atoms with E-state index in [1.165, 1.54) is 0 Å². The zero-order chi connectivity index (χ0) is 11.0. The zero-order valence-corrected chi connectivity index (χ0v) is 8.94. The Bertz CT molecular complexity index is 661. The lowest BCUT2D eigenvalue weighted by Crippen LogP contribution is -1.90. The van der Waals surface area contributed by atoms with Gasteiger partial charge >= 0.3 is 0 Å². The molecule has 0 fully saturated rings. The molecule has 0 saturated heterocycles. The van der Waals surface area contributed by atoms with E-state index in [9.17, 15) is 0 Å². The minimum Gasteiger partial charge on any atom is -0.387 e. The van der Waals surface area contributed by atoms with Gasteiger partial charge in [-0.2, -0.15) is 0 Å². The quantitative estimate of drug-likeness (QED) is 0.626. The summed E-state index contributed by atoms with van der Waals surface area (Å²) in [5.41, 5.74) is 2.93. The van der Waals surface area contributed by atoms with Crippen molar-refractivity contribution in [2.75, 3.05) is 12.4 Å². The number of anilines is 1. The second kappa shape index (κ2) is 3.45. The van der Waals surface area contributed by atoms with E-state index >= 15 is 0 Å². The molecule has 0 saturated carbocycles. The van der Waals surface area contributed by atoms with Crippen molar-refractivity contribution in [3.8, 4) is 0 Å². The number of hydrogen-bond acceptors (Lipinski definition) is 3. The molecule has 3 rings (SSSR count). The van der Waals surface area contributed by atoms with Crippen molar-refractivity contribution in [1.29, 1.82) is 0 Å². The highest BCUT2D eigenvalue weighted by molar-refractivity contribution is 6.03. The van der Waals surface area contributed by atoms with Gasteiger partial charge < -0.3 is 5.32 Å². The zero-order valence-electron chi connectivity index (χ0n) is 8.94. The van der Waals surface area contributed by atoms with Crippen molar-refractivity contribution in [1.82, 2.24) is 9.97 Å². The summed E-state index contributed by atoms with van der Waals surface area (Å²) in [7, 11) is 1.89. The van der Waals surface area contributed by atoms with Crippen LogP contribution in [-0.2, 0) is 0 Å². The third-order valence-electron chi connectivity index (χ3n) is 2.71. The molecule has 78 valence electrons. The van der Waals surface area contributed by atoms with Crippen LogP contribution in [0.25, 0.3) is 21.8 Å². The summed E-state index contributed by atoms with van der Waals surface area (Å²) in [6.07, 6.45) is 3.63. The first-order valence-electron chi connectivity index (χ1n) is 5.20. The first-order valence-corrected chi connectivity index (χ1v) is 5.20. The smallest absolute Gasteiger partial charge is 0.0966 e. The summed E-state index contributed by atoms with van der Waals surface area (Å²) >= 11 is 0. The molecule has 0 unspecified atom stereocenters. The van der Waals surface area contributed by atoms with Gasteiger partial charge in [-0.3, -0.25) is 9.97 Å². The van der Waals surface area contributed by atoms with Gasteiger partial charge in [-0.1, -0.05) is 18.2 Å². The summed E-state index contributed by atoms with van der Waals surface area (Å²) in [6, 6.07) is 10.2. The summed E-state index contributed by atoms with van der Waals surface area (Å²) in [5.74, 6) is 0. The average Bonchev–Trinajstić information content (AvgIpc) is 2.38. The van der Waals surface area contributed by atoms with Crippen LogP contribution >= 0.6 is 0 Å². The Morgan fingerprint density at radius 3 is 2.69 bits per heavy atom. The van der Waals surface area contributed by atoms with Gasteiger partial charge in [-0.25, -0.2) is 0 Å². The molecule has 2 aromatic heterocycles. The summed E-state index contributed by atoms with van der Waals surface area (Å²) in [5, 5.41) is 5.32. The monoisotopic (exact) mass is 209 g/mol. The van der Waals surface area contributed by atoms with Gasteiger partial charge in [-0.05, 0) is 12.1 Å². The van der Waals surface area contributed by atoms with Gasteiger partial charge in [-0.15, -0.1) is 0 Å². The molecule has 3 aromatic rings. The Morgan fingerprint density at radius 1 is 1.00 bits per heavy atom. The van der Waals surface area contributed by atoms with E-state index in [1.54, 1.807) is 6.20 Å². The molecule has 3 nitrogen and oxygen atoms in total. The van der Waals surface area contributed by atoms with E-state index in [4.69, 9.17) is 0 Å². The third kappa shape index (κ3) is 1.29. The van der Waals surface area contributed by atoms with Gasteiger partial charge in [0.25, 0.3) is 0 Å². The van der Waals surface area contributed by atoms with Crippen molar-refractivity contribution in [2.45, 2.75) is 0 Å². The van der Waals surface area contributed by atoms with Crippen LogP contribution < -0.4 is 5.32 Å². The summed E-state index contributed by atoms with van der Waals surface area (Å²) in [4.78, 5) is 8.84. The number of nitrogens with zero attached hydrogens (tertiary/aromatic N) is 2. The molecule has 3 heteroatoms. The van der Waals surface area contributed by atoms with E-state index < -0.39 is 0 Å². The number of aromatic nitrogens is 2. The number of fused-ring (bicyclic) bond motifs is 3. The Balaban J connectivity index is 2.43. The van der Waals surface area contributed by atoms with Crippen LogP contribution in [0.15, 0.2) is 42.7 Å². The third-order valence-corrected chi connectivity index (χ3v) is 2.71. The molecule has 0 aliphatic heterocycles. The summed E-state index contributed by atoms with van der Waals surface area (Å²) in [6.45, 7) is 0. The van der Waals surface area contributed by atoms with E-state index in [2.05, 4.69) is 39.6 Å². The molecular formula is C13H11N3. The first kappa shape index (κ1) is 9.09. The lowest BCUT2D eigenvalue weighted by atomic mass is 10.1. The van der Waals surface area contributed by atoms with Gasteiger partial charge in [0.15, 0.2) is 0 Å². The minimum atomic E-state index is 0.956. The molecule has 0 amide bonds. The van der Waals surface area contributed by atoms with E-state index in [1.807, 2.05) is 19.3 Å². The minimum absolute atomic E-state index is 0.956. The van der Waals surface area contributed by atoms with E-state index in [0.717, 1.165) is 27.5 Å². The van der Waals surface area contributed by atoms with Gasteiger partial charge in [0.1, 0.15) is 0 Å². The maximum absolute atomic E-state index is 4.46. The second-order valence-electron chi connectivity index (χ2n) is 3.69. The van der Waals surface area contributed by atoms with Crippen LogP contribution in [0.3, 0.4) is 0 Å². The molecular weight excluding hydrogens is 198 g/mol. The SMILES string of the molecule is CNc1cnc2c(ccc3cccnc32)c1. The van der Waals surface area contributed by atoms with E-state index in [-0.39, 0.29) is 0 Å². The van der Waals surface area contributed by atoms with Crippen LogP contribution in [-0.4, -0.2) is 17.0 Å². The van der Waals surface area contributed by atoms with Crippen LogP contribution in [0.1, 0.15) is 0 Å². The average molecular weight is 209 g/mol. The fraction of sp³-hybridized carbons (Fsp3) is 0.0769. The number of hydrogen-bond donors (Lipinski definition) is 1. The van der Waals surface area contributed by atoms with Crippen molar-refractivity contribution in [3.05, 3.63) is 42.7 Å². The number of rotatable bonds is 1. The van der Waals surface area contributed by atoms with Crippen LogP contribution in [0.5, 0.6) is 0 Å². The van der Waals surface area contributed by atoms with Gasteiger partial charge in [0.2, 0.25) is 0 Å². The molecule has 16 heavy (non-hydrogen) atoms.